The van der Waals surface area contributed by atoms with Crippen molar-refractivity contribution in [2.75, 3.05) is 13.1 Å². The van der Waals surface area contributed by atoms with Crippen LogP contribution < -0.4 is 0 Å². The number of carboxylic acid groups (broad SMARTS) is 1. The predicted molar refractivity (Wildman–Crippen MR) is 83.2 cm³/mol. The van der Waals surface area contributed by atoms with E-state index in [0.29, 0.717) is 6.04 Å². The molecule has 2 heterocycles. The number of hydrogen-bond acceptors (Lipinski definition) is 3. The average Bonchev–Trinajstić information content (AvgIpc) is 2.84. The average molecular weight is 295 g/mol. The third-order valence-corrected chi connectivity index (χ3v) is 5.92. The Hall–Kier alpha value is -0.870. The molecule has 20 heavy (non-hydrogen) atoms. The maximum atomic E-state index is 11.5. The normalized spacial score (nSPS) is 22.7. The van der Waals surface area contributed by atoms with Gasteiger partial charge >= 0.3 is 5.97 Å². The van der Waals surface area contributed by atoms with E-state index >= 15 is 0 Å². The molecule has 1 fully saturated rings. The number of thiophene rings is 1. The maximum absolute atomic E-state index is 11.5. The largest absolute Gasteiger partial charge is 0.481 e. The van der Waals surface area contributed by atoms with Crippen LogP contribution >= 0.6 is 11.3 Å². The fourth-order valence-electron chi connectivity index (χ4n) is 2.98. The molecule has 0 radical (unpaired) electrons. The fourth-order valence-corrected chi connectivity index (χ4v) is 3.94. The molecule has 0 aromatic carbocycles. The lowest BCUT2D eigenvalue weighted by Gasteiger charge is -2.41. The lowest BCUT2D eigenvalue weighted by atomic mass is 9.74. The highest BCUT2D eigenvalue weighted by Gasteiger charge is 2.39. The molecule has 2 rings (SSSR count). The van der Waals surface area contributed by atoms with Crippen LogP contribution in [-0.2, 0) is 4.79 Å². The topological polar surface area (TPSA) is 40.5 Å². The summed E-state index contributed by atoms with van der Waals surface area (Å²) >= 11 is 1.85. The second kappa shape index (κ2) is 5.86. The second-order valence-electron chi connectivity index (χ2n) is 6.49. The summed E-state index contributed by atoms with van der Waals surface area (Å²) < 4.78 is 0. The molecule has 112 valence electrons. The summed E-state index contributed by atoms with van der Waals surface area (Å²) in [6.45, 7) is 10.1. The van der Waals surface area contributed by atoms with Crippen molar-refractivity contribution in [2.45, 2.75) is 46.6 Å². The molecule has 1 N–H and O–H groups in total. The van der Waals surface area contributed by atoms with Crippen molar-refractivity contribution in [2.24, 2.45) is 11.3 Å². The van der Waals surface area contributed by atoms with Crippen molar-refractivity contribution < 1.29 is 9.90 Å². The van der Waals surface area contributed by atoms with Crippen molar-refractivity contribution in [3.8, 4) is 0 Å². The molecular weight excluding hydrogens is 270 g/mol. The minimum Gasteiger partial charge on any atom is -0.481 e. The number of aliphatic carboxylic acids is 1. The Morgan fingerprint density at radius 3 is 2.75 bits per heavy atom. The van der Waals surface area contributed by atoms with Crippen molar-refractivity contribution >= 4 is 17.3 Å². The molecule has 2 unspecified atom stereocenters. The van der Waals surface area contributed by atoms with Gasteiger partial charge in [-0.3, -0.25) is 9.69 Å². The lowest BCUT2D eigenvalue weighted by Crippen LogP contribution is -2.45. The van der Waals surface area contributed by atoms with Gasteiger partial charge in [0, 0.05) is 22.3 Å². The Bertz CT molecular complexity index is 481. The standard InChI is InChI=1S/C16H25NO2S/c1-11-7-8-14(20-11)12(2)17-9-5-6-13(10-17)16(3,4)15(18)19/h7-8,12-13H,5-6,9-10H2,1-4H3,(H,18,19). The van der Waals surface area contributed by atoms with Crippen LogP contribution in [0.15, 0.2) is 12.1 Å². The smallest absolute Gasteiger partial charge is 0.309 e. The van der Waals surface area contributed by atoms with Gasteiger partial charge < -0.3 is 5.11 Å². The third-order valence-electron chi connectivity index (χ3n) is 4.75. The maximum Gasteiger partial charge on any atom is 0.309 e. The summed E-state index contributed by atoms with van der Waals surface area (Å²) in [5.41, 5.74) is -0.635. The zero-order valence-corrected chi connectivity index (χ0v) is 13.7. The highest BCUT2D eigenvalue weighted by Crippen LogP contribution is 2.37. The van der Waals surface area contributed by atoms with Gasteiger partial charge in [-0.2, -0.15) is 0 Å². The van der Waals surface area contributed by atoms with Gasteiger partial charge in [-0.05, 0) is 65.1 Å². The van der Waals surface area contributed by atoms with Gasteiger partial charge in [-0.15, -0.1) is 11.3 Å². The molecule has 1 aliphatic heterocycles. The Balaban J connectivity index is 2.09. The molecule has 0 aliphatic carbocycles. The molecular formula is C16H25NO2S. The SMILES string of the molecule is Cc1ccc(C(C)N2CCCC(C(C)(C)C(=O)O)C2)s1. The van der Waals surface area contributed by atoms with E-state index < -0.39 is 11.4 Å². The number of nitrogens with zero attached hydrogens (tertiary/aromatic N) is 1. The van der Waals surface area contributed by atoms with Crippen molar-refractivity contribution in [3.63, 3.8) is 0 Å². The van der Waals surface area contributed by atoms with E-state index in [2.05, 4.69) is 30.9 Å². The Morgan fingerprint density at radius 1 is 1.50 bits per heavy atom. The van der Waals surface area contributed by atoms with Crippen LogP contribution in [0.4, 0.5) is 0 Å². The minimum atomic E-state index is -0.677. The zero-order valence-electron chi connectivity index (χ0n) is 12.8. The summed E-state index contributed by atoms with van der Waals surface area (Å²) in [6.07, 6.45) is 2.11. The van der Waals surface area contributed by atoms with Gasteiger partial charge in [-0.25, -0.2) is 0 Å². The van der Waals surface area contributed by atoms with Crippen molar-refractivity contribution in [1.82, 2.24) is 4.90 Å². The van der Waals surface area contributed by atoms with E-state index in [1.807, 2.05) is 25.2 Å². The summed E-state index contributed by atoms with van der Waals surface area (Å²) in [6, 6.07) is 4.76. The number of hydrogen-bond donors (Lipinski definition) is 1. The van der Waals surface area contributed by atoms with Crippen LogP contribution in [0.25, 0.3) is 0 Å². The highest BCUT2D eigenvalue weighted by molar-refractivity contribution is 7.12. The molecule has 1 saturated heterocycles. The van der Waals surface area contributed by atoms with E-state index in [1.165, 1.54) is 9.75 Å². The van der Waals surface area contributed by atoms with Gasteiger partial charge in [0.15, 0.2) is 0 Å². The molecule has 2 atom stereocenters. The van der Waals surface area contributed by atoms with Crippen LogP contribution in [-0.4, -0.2) is 29.1 Å². The summed E-state index contributed by atoms with van der Waals surface area (Å²) in [5, 5.41) is 9.42. The first-order chi connectivity index (χ1) is 9.32. The van der Waals surface area contributed by atoms with Crippen molar-refractivity contribution in [1.29, 1.82) is 0 Å². The minimum absolute atomic E-state index is 0.234. The Kier molecular flexibility index (Phi) is 4.55. The lowest BCUT2D eigenvalue weighted by molar-refractivity contribution is -0.151. The first-order valence-corrected chi connectivity index (χ1v) is 8.18. The fraction of sp³-hybridized carbons (Fsp3) is 0.688. The van der Waals surface area contributed by atoms with E-state index in [1.54, 1.807) is 0 Å². The quantitative estimate of drug-likeness (QED) is 0.914. The van der Waals surface area contributed by atoms with Gasteiger partial charge in [0.1, 0.15) is 0 Å². The molecule has 1 aromatic rings. The van der Waals surface area contributed by atoms with E-state index in [-0.39, 0.29) is 5.92 Å². The molecule has 0 spiro atoms. The molecule has 0 saturated carbocycles. The van der Waals surface area contributed by atoms with Crippen LogP contribution in [0.3, 0.4) is 0 Å². The number of rotatable bonds is 4. The number of piperidine rings is 1. The van der Waals surface area contributed by atoms with Crippen LogP contribution in [0.1, 0.15) is 49.4 Å². The van der Waals surface area contributed by atoms with Gasteiger partial charge in [-0.1, -0.05) is 0 Å². The molecule has 0 bridgehead atoms. The first-order valence-electron chi connectivity index (χ1n) is 7.36. The van der Waals surface area contributed by atoms with Gasteiger partial charge in [0.25, 0.3) is 0 Å². The number of carbonyl (C=O) groups is 1. The Labute approximate surface area is 125 Å². The van der Waals surface area contributed by atoms with Crippen molar-refractivity contribution in [3.05, 3.63) is 21.9 Å². The van der Waals surface area contributed by atoms with Crippen LogP contribution in [0.2, 0.25) is 0 Å². The van der Waals surface area contributed by atoms with Gasteiger partial charge in [0.2, 0.25) is 0 Å². The summed E-state index contributed by atoms with van der Waals surface area (Å²) in [5.74, 6) is -0.443. The summed E-state index contributed by atoms with van der Waals surface area (Å²) in [4.78, 5) is 16.6. The number of likely N-dealkylation sites (tertiary alicyclic amines) is 1. The highest BCUT2D eigenvalue weighted by atomic mass is 32.1. The van der Waals surface area contributed by atoms with Crippen LogP contribution in [0, 0.1) is 18.3 Å². The monoisotopic (exact) mass is 295 g/mol. The van der Waals surface area contributed by atoms with Gasteiger partial charge in [0.05, 0.1) is 5.41 Å². The second-order valence-corrected chi connectivity index (χ2v) is 7.80. The molecule has 4 heteroatoms. The summed E-state index contributed by atoms with van der Waals surface area (Å²) in [7, 11) is 0. The first kappa shape index (κ1) is 15.5. The number of aryl methyl sites for hydroxylation is 1. The molecule has 0 amide bonds. The number of carboxylic acids is 1. The van der Waals surface area contributed by atoms with E-state index in [4.69, 9.17) is 0 Å². The molecule has 1 aromatic heterocycles. The zero-order chi connectivity index (χ0) is 14.9. The molecule has 1 aliphatic rings. The third kappa shape index (κ3) is 3.07. The van der Waals surface area contributed by atoms with E-state index in [0.717, 1.165) is 25.9 Å². The van der Waals surface area contributed by atoms with E-state index in [9.17, 15) is 9.90 Å². The Morgan fingerprint density at radius 2 is 2.20 bits per heavy atom. The van der Waals surface area contributed by atoms with Crippen LogP contribution in [0.5, 0.6) is 0 Å². The molecule has 3 nitrogen and oxygen atoms in total. The predicted octanol–water partition coefficient (Wildman–Crippen LogP) is 3.94.